The second-order valence-electron chi connectivity index (χ2n) is 8.22. The van der Waals surface area contributed by atoms with Gasteiger partial charge in [0.05, 0.1) is 19.3 Å². The van der Waals surface area contributed by atoms with E-state index >= 15 is 0 Å². The fraction of sp³-hybridized carbons (Fsp3) is 0.269. The number of nitrogens with zero attached hydrogens (tertiary/aromatic N) is 4. The summed E-state index contributed by atoms with van der Waals surface area (Å²) in [5.41, 5.74) is 3.12. The summed E-state index contributed by atoms with van der Waals surface area (Å²) < 4.78 is 5.64. The molecule has 0 aliphatic carbocycles. The number of aromatic amines is 1. The molecule has 1 saturated heterocycles. The molecule has 1 aliphatic heterocycles. The number of piperazine rings is 1. The Morgan fingerprint density at radius 3 is 2.53 bits per heavy atom. The first-order chi connectivity index (χ1) is 16.5. The third-order valence-electron chi connectivity index (χ3n) is 6.14. The molecule has 1 N–H and O–H groups in total. The number of rotatable bonds is 6. The molecule has 7 nitrogen and oxygen atoms in total. The van der Waals surface area contributed by atoms with Crippen molar-refractivity contribution in [1.29, 1.82) is 10.5 Å². The summed E-state index contributed by atoms with van der Waals surface area (Å²) in [5.74, 6) is 0.341. The molecule has 1 aliphatic rings. The molecule has 4 rings (SSSR count). The third-order valence-corrected chi connectivity index (χ3v) is 6.72. The standard InChI is InChI=1S/C26H24BrN5O2/c1-31-10-12-32(13-11-31)16-22(33)26-25(18-6-3-4-8-21(18)30-26)24(20(27)15-29)17-7-5-9-23(34-2)19(17)14-28/h3-9,30H,10-13,16H2,1-2H3/b24-20+. The number of Topliss-reactive ketones (excluding diaryl/α,β-unsaturated/α-hetero) is 1. The van der Waals surface area contributed by atoms with Crippen LogP contribution >= 0.6 is 15.9 Å². The second-order valence-corrected chi connectivity index (χ2v) is 9.01. The van der Waals surface area contributed by atoms with E-state index in [1.165, 1.54) is 7.11 Å². The molecule has 0 radical (unpaired) electrons. The fourth-order valence-corrected chi connectivity index (χ4v) is 4.75. The molecular weight excluding hydrogens is 494 g/mol. The largest absolute Gasteiger partial charge is 0.495 e. The number of nitriles is 2. The molecule has 34 heavy (non-hydrogen) atoms. The van der Waals surface area contributed by atoms with Crippen LogP contribution in [0.4, 0.5) is 0 Å². The second kappa shape index (κ2) is 10.2. The monoisotopic (exact) mass is 517 g/mol. The van der Waals surface area contributed by atoms with Gasteiger partial charge in [0, 0.05) is 53.8 Å². The van der Waals surface area contributed by atoms with E-state index in [9.17, 15) is 15.3 Å². The minimum Gasteiger partial charge on any atom is -0.495 e. The van der Waals surface area contributed by atoms with Gasteiger partial charge in [0.2, 0.25) is 0 Å². The summed E-state index contributed by atoms with van der Waals surface area (Å²) in [6.45, 7) is 3.72. The number of H-pyrrole nitrogens is 1. The zero-order chi connectivity index (χ0) is 24.2. The summed E-state index contributed by atoms with van der Waals surface area (Å²) in [6, 6.07) is 17.2. The average molecular weight is 518 g/mol. The lowest BCUT2D eigenvalue weighted by atomic mass is 9.90. The summed E-state index contributed by atoms with van der Waals surface area (Å²) in [7, 11) is 3.58. The molecule has 2 heterocycles. The summed E-state index contributed by atoms with van der Waals surface area (Å²) >= 11 is 3.41. The van der Waals surface area contributed by atoms with Crippen molar-refractivity contribution in [3.8, 4) is 17.9 Å². The number of nitrogens with one attached hydrogen (secondary N) is 1. The number of allylic oxidation sites excluding steroid dienone is 1. The molecule has 0 spiro atoms. The molecule has 3 aromatic rings. The van der Waals surface area contributed by atoms with Crippen molar-refractivity contribution in [3.63, 3.8) is 0 Å². The maximum absolute atomic E-state index is 13.6. The number of benzene rings is 2. The number of fused-ring (bicyclic) bond motifs is 1. The molecule has 1 aromatic heterocycles. The summed E-state index contributed by atoms with van der Waals surface area (Å²) in [6.07, 6.45) is 0. The van der Waals surface area contributed by atoms with Gasteiger partial charge in [-0.2, -0.15) is 10.5 Å². The fourth-order valence-electron chi connectivity index (χ4n) is 4.34. The van der Waals surface area contributed by atoms with Gasteiger partial charge in [-0.3, -0.25) is 9.69 Å². The average Bonchev–Trinajstić information content (AvgIpc) is 3.24. The Labute approximate surface area is 207 Å². The number of halogens is 1. The van der Waals surface area contributed by atoms with Gasteiger partial charge in [-0.05, 0) is 35.1 Å². The zero-order valence-electron chi connectivity index (χ0n) is 19.1. The lowest BCUT2D eigenvalue weighted by Crippen LogP contribution is -2.46. The van der Waals surface area contributed by atoms with E-state index in [0.717, 1.165) is 37.1 Å². The Kier molecular flexibility index (Phi) is 7.14. The van der Waals surface area contributed by atoms with Crippen LogP contribution in [0.15, 0.2) is 46.9 Å². The number of para-hydroxylation sites is 1. The highest BCUT2D eigenvalue weighted by Crippen LogP contribution is 2.40. The molecular formula is C26H24BrN5O2. The molecule has 8 heteroatoms. The Hall–Kier alpha value is -3.43. The highest BCUT2D eigenvalue weighted by molar-refractivity contribution is 9.12. The summed E-state index contributed by atoms with van der Waals surface area (Å²) in [5, 5.41) is 20.6. The van der Waals surface area contributed by atoms with Crippen LogP contribution in [0, 0.1) is 22.7 Å². The number of ketones is 1. The number of ether oxygens (including phenoxy) is 1. The number of methoxy groups -OCH3 is 1. The number of hydrogen-bond acceptors (Lipinski definition) is 6. The Bertz CT molecular complexity index is 1350. The SMILES string of the molecule is COc1cccc(/C(=C(\Br)C#N)c2c(C(=O)CN3CCN(C)CC3)[nH]c3ccccc23)c1C#N. The molecule has 2 aromatic carbocycles. The number of likely N-dealkylation sites (N-methyl/N-ethyl adjacent to an activating group) is 1. The van der Waals surface area contributed by atoms with E-state index in [-0.39, 0.29) is 16.8 Å². The van der Waals surface area contributed by atoms with Crippen molar-refractivity contribution in [2.24, 2.45) is 0 Å². The predicted octanol–water partition coefficient (Wildman–Crippen LogP) is 4.16. The Morgan fingerprint density at radius 1 is 1.12 bits per heavy atom. The number of carbonyl (C=O) groups excluding carboxylic acids is 1. The molecule has 0 bridgehead atoms. The highest BCUT2D eigenvalue weighted by atomic mass is 79.9. The maximum Gasteiger partial charge on any atom is 0.193 e. The quantitative estimate of drug-likeness (QED) is 0.389. The van der Waals surface area contributed by atoms with Gasteiger partial charge in [-0.25, -0.2) is 0 Å². The van der Waals surface area contributed by atoms with Gasteiger partial charge in [0.15, 0.2) is 5.78 Å². The van der Waals surface area contributed by atoms with Crippen molar-refractivity contribution in [2.45, 2.75) is 0 Å². The van der Waals surface area contributed by atoms with Crippen LogP contribution in [0.25, 0.3) is 16.5 Å². The van der Waals surface area contributed by atoms with Crippen LogP contribution < -0.4 is 4.74 Å². The zero-order valence-corrected chi connectivity index (χ0v) is 20.6. The van der Waals surface area contributed by atoms with Crippen LogP contribution in [0.1, 0.15) is 27.2 Å². The maximum atomic E-state index is 13.6. The van der Waals surface area contributed by atoms with Crippen molar-refractivity contribution in [1.82, 2.24) is 14.8 Å². The molecule has 172 valence electrons. The minimum atomic E-state index is -0.0621. The van der Waals surface area contributed by atoms with Gasteiger partial charge in [-0.15, -0.1) is 0 Å². The van der Waals surface area contributed by atoms with E-state index in [2.05, 4.69) is 49.9 Å². The van der Waals surface area contributed by atoms with E-state index in [0.29, 0.717) is 33.7 Å². The van der Waals surface area contributed by atoms with Crippen molar-refractivity contribution in [2.75, 3.05) is 46.9 Å². The number of carbonyl (C=O) groups is 1. The first-order valence-corrected chi connectivity index (χ1v) is 11.7. The van der Waals surface area contributed by atoms with Gasteiger partial charge in [0.1, 0.15) is 27.9 Å². The van der Waals surface area contributed by atoms with E-state index in [4.69, 9.17) is 4.74 Å². The van der Waals surface area contributed by atoms with Crippen LogP contribution in [-0.2, 0) is 0 Å². The Morgan fingerprint density at radius 2 is 1.85 bits per heavy atom. The van der Waals surface area contributed by atoms with Crippen LogP contribution in [-0.4, -0.2) is 67.4 Å². The molecule has 0 amide bonds. The first-order valence-electron chi connectivity index (χ1n) is 10.9. The lowest BCUT2D eigenvalue weighted by molar-refractivity contribution is 0.0872. The van der Waals surface area contributed by atoms with E-state index in [1.54, 1.807) is 18.2 Å². The predicted molar refractivity (Wildman–Crippen MR) is 135 cm³/mol. The van der Waals surface area contributed by atoms with E-state index in [1.807, 2.05) is 24.3 Å². The van der Waals surface area contributed by atoms with Crippen LogP contribution in [0.3, 0.4) is 0 Å². The molecule has 1 fully saturated rings. The van der Waals surface area contributed by atoms with Gasteiger partial charge in [-0.1, -0.05) is 30.3 Å². The molecule has 0 atom stereocenters. The van der Waals surface area contributed by atoms with Gasteiger partial charge < -0.3 is 14.6 Å². The van der Waals surface area contributed by atoms with Gasteiger partial charge in [0.25, 0.3) is 0 Å². The lowest BCUT2D eigenvalue weighted by Gasteiger charge is -2.31. The van der Waals surface area contributed by atoms with Crippen molar-refractivity contribution >= 4 is 38.2 Å². The minimum absolute atomic E-state index is 0.0621. The topological polar surface area (TPSA) is 96.2 Å². The normalized spacial score (nSPS) is 15.4. The summed E-state index contributed by atoms with van der Waals surface area (Å²) in [4.78, 5) is 21.3. The smallest absolute Gasteiger partial charge is 0.193 e. The number of hydrogen-bond donors (Lipinski definition) is 1. The third kappa shape index (κ3) is 4.49. The highest BCUT2D eigenvalue weighted by Gasteiger charge is 2.27. The van der Waals surface area contributed by atoms with Crippen LogP contribution in [0.2, 0.25) is 0 Å². The van der Waals surface area contributed by atoms with E-state index < -0.39 is 0 Å². The number of aromatic nitrogens is 1. The Balaban J connectivity index is 1.91. The van der Waals surface area contributed by atoms with Crippen LogP contribution in [0.5, 0.6) is 5.75 Å². The van der Waals surface area contributed by atoms with Crippen molar-refractivity contribution < 1.29 is 9.53 Å². The van der Waals surface area contributed by atoms with Gasteiger partial charge >= 0.3 is 0 Å². The molecule has 0 saturated carbocycles. The molecule has 0 unspecified atom stereocenters. The van der Waals surface area contributed by atoms with Crippen molar-refractivity contribution in [3.05, 3.63) is 69.3 Å². The first kappa shape index (κ1) is 23.7.